The van der Waals surface area contributed by atoms with Crippen molar-refractivity contribution in [3.8, 4) is 16.9 Å². The number of ether oxygens (including phenoxy) is 1. The number of benzene rings is 2. The van der Waals surface area contributed by atoms with Crippen LogP contribution in [0.3, 0.4) is 0 Å². The number of rotatable bonds is 8. The monoisotopic (exact) mass is 421 g/mol. The molecule has 0 saturated carbocycles. The lowest BCUT2D eigenvalue weighted by atomic mass is 9.96. The van der Waals surface area contributed by atoms with Crippen LogP contribution in [0.2, 0.25) is 0 Å². The summed E-state index contributed by atoms with van der Waals surface area (Å²) in [5.74, 6) is -1.32. The van der Waals surface area contributed by atoms with Gasteiger partial charge in [0.25, 0.3) is 0 Å². The fourth-order valence-electron chi connectivity index (χ4n) is 3.76. The quantitative estimate of drug-likeness (QED) is 0.608. The Labute approximate surface area is 174 Å². The summed E-state index contributed by atoms with van der Waals surface area (Å²) in [5, 5.41) is 8.96. The van der Waals surface area contributed by atoms with E-state index >= 15 is 0 Å². The van der Waals surface area contributed by atoms with Gasteiger partial charge in [-0.15, -0.1) is 0 Å². The third-order valence-electron chi connectivity index (χ3n) is 5.39. The third-order valence-corrected chi connectivity index (χ3v) is 5.39. The highest BCUT2D eigenvalue weighted by Gasteiger charge is 2.40. The predicted octanol–water partition coefficient (Wildman–Crippen LogP) is 5.02. The first-order valence-electron chi connectivity index (χ1n) is 10.1. The number of nitrogens with zero attached hydrogens (tertiary/aromatic N) is 1. The summed E-state index contributed by atoms with van der Waals surface area (Å²) >= 11 is 0. The Bertz CT molecular complexity index is 846. The van der Waals surface area contributed by atoms with Gasteiger partial charge < -0.3 is 14.7 Å². The standard InChI is InChI=1S/C23H26F3NO3/c24-23(25,26)20-8-11-27(12-9-20)10-3-13-30-21-7-2-6-19(16-21)18-5-1-4-17(14-18)15-22(28)29/h1-2,4-7,14,16,20H,3,8-13,15H2,(H,28,29). The van der Waals surface area contributed by atoms with Gasteiger partial charge in [0.15, 0.2) is 0 Å². The van der Waals surface area contributed by atoms with Crippen LogP contribution in [0.1, 0.15) is 24.8 Å². The number of halogens is 3. The molecule has 4 nitrogen and oxygen atoms in total. The number of piperidine rings is 1. The Morgan fingerprint density at radius 2 is 1.73 bits per heavy atom. The van der Waals surface area contributed by atoms with Crippen LogP contribution in [0.4, 0.5) is 13.2 Å². The van der Waals surface area contributed by atoms with E-state index in [9.17, 15) is 18.0 Å². The minimum Gasteiger partial charge on any atom is -0.494 e. The van der Waals surface area contributed by atoms with Crippen LogP contribution in [-0.4, -0.2) is 48.4 Å². The van der Waals surface area contributed by atoms with Gasteiger partial charge in [0.2, 0.25) is 0 Å². The molecule has 0 radical (unpaired) electrons. The minimum atomic E-state index is -4.08. The zero-order chi connectivity index (χ0) is 21.6. The highest BCUT2D eigenvalue weighted by Crippen LogP contribution is 2.34. The largest absolute Gasteiger partial charge is 0.494 e. The number of alkyl halides is 3. The summed E-state index contributed by atoms with van der Waals surface area (Å²) < 4.78 is 44.0. The second-order valence-corrected chi connectivity index (χ2v) is 7.66. The maximum atomic E-state index is 12.7. The first-order chi connectivity index (χ1) is 14.3. The molecule has 0 spiro atoms. The Kier molecular flexibility index (Phi) is 7.37. The van der Waals surface area contributed by atoms with Crippen molar-refractivity contribution in [1.82, 2.24) is 4.90 Å². The highest BCUT2D eigenvalue weighted by atomic mass is 19.4. The second-order valence-electron chi connectivity index (χ2n) is 7.66. The number of likely N-dealkylation sites (tertiary alicyclic amines) is 1. The van der Waals surface area contributed by atoms with Crippen LogP contribution in [-0.2, 0) is 11.2 Å². The molecule has 0 aromatic heterocycles. The molecule has 1 aliphatic rings. The number of aliphatic carboxylic acids is 1. The topological polar surface area (TPSA) is 49.8 Å². The molecule has 0 amide bonds. The van der Waals surface area contributed by atoms with Gasteiger partial charge in [-0.1, -0.05) is 36.4 Å². The van der Waals surface area contributed by atoms with Crippen LogP contribution < -0.4 is 4.74 Å². The molecule has 0 aliphatic carbocycles. The third kappa shape index (κ3) is 6.49. The fraction of sp³-hybridized carbons (Fsp3) is 0.435. The molecule has 0 atom stereocenters. The van der Waals surface area contributed by atoms with Gasteiger partial charge in [-0.2, -0.15) is 13.2 Å². The maximum absolute atomic E-state index is 12.7. The summed E-state index contributed by atoms with van der Waals surface area (Å²) in [6.07, 6.45) is -3.01. The average Bonchev–Trinajstić information content (AvgIpc) is 2.71. The van der Waals surface area contributed by atoms with Crippen molar-refractivity contribution in [2.24, 2.45) is 5.92 Å². The number of hydrogen-bond acceptors (Lipinski definition) is 3. The maximum Gasteiger partial charge on any atom is 0.391 e. The average molecular weight is 421 g/mol. The lowest BCUT2D eigenvalue weighted by molar-refractivity contribution is -0.185. The van der Waals surface area contributed by atoms with Gasteiger partial charge in [-0.25, -0.2) is 0 Å². The zero-order valence-electron chi connectivity index (χ0n) is 16.7. The molecule has 3 rings (SSSR count). The lowest BCUT2D eigenvalue weighted by Crippen LogP contribution is -2.39. The van der Waals surface area contributed by atoms with Crippen molar-refractivity contribution < 1.29 is 27.8 Å². The number of hydrogen-bond donors (Lipinski definition) is 1. The molecule has 2 aromatic rings. The molecule has 7 heteroatoms. The van der Waals surface area contributed by atoms with Crippen LogP contribution in [0.5, 0.6) is 5.75 Å². The van der Waals surface area contributed by atoms with Crippen LogP contribution in [0.25, 0.3) is 11.1 Å². The van der Waals surface area contributed by atoms with Crippen molar-refractivity contribution in [2.75, 3.05) is 26.2 Å². The molecule has 162 valence electrons. The predicted molar refractivity (Wildman–Crippen MR) is 109 cm³/mol. The van der Waals surface area contributed by atoms with Crippen LogP contribution in [0.15, 0.2) is 48.5 Å². The molecule has 0 bridgehead atoms. The fourth-order valence-corrected chi connectivity index (χ4v) is 3.76. The van der Waals surface area contributed by atoms with Gasteiger partial charge in [0, 0.05) is 6.54 Å². The van der Waals surface area contributed by atoms with E-state index in [0.29, 0.717) is 25.4 Å². The van der Waals surface area contributed by atoms with Crippen molar-refractivity contribution in [3.05, 3.63) is 54.1 Å². The highest BCUT2D eigenvalue weighted by molar-refractivity contribution is 5.72. The van der Waals surface area contributed by atoms with Crippen molar-refractivity contribution in [1.29, 1.82) is 0 Å². The summed E-state index contributed by atoms with van der Waals surface area (Å²) in [6, 6.07) is 15.0. The first kappa shape index (κ1) is 22.2. The van der Waals surface area contributed by atoms with Gasteiger partial charge >= 0.3 is 12.1 Å². The number of carboxylic acid groups (broad SMARTS) is 1. The van der Waals surface area contributed by atoms with Crippen molar-refractivity contribution in [2.45, 2.75) is 31.9 Å². The van der Waals surface area contributed by atoms with Crippen molar-refractivity contribution >= 4 is 5.97 Å². The molecule has 30 heavy (non-hydrogen) atoms. The Hall–Kier alpha value is -2.54. The molecule has 1 heterocycles. The van der Waals surface area contributed by atoms with Gasteiger partial charge in [-0.05, 0) is 61.2 Å². The van der Waals surface area contributed by atoms with E-state index in [1.807, 2.05) is 42.5 Å². The van der Waals surface area contributed by atoms with Gasteiger partial charge in [0.05, 0.1) is 18.9 Å². The zero-order valence-corrected chi connectivity index (χ0v) is 16.7. The number of carbonyl (C=O) groups is 1. The summed E-state index contributed by atoms with van der Waals surface area (Å²) in [6.45, 7) is 2.17. The van der Waals surface area contributed by atoms with E-state index in [2.05, 4.69) is 4.90 Å². The molecule has 1 aliphatic heterocycles. The second kappa shape index (κ2) is 9.98. The summed E-state index contributed by atoms with van der Waals surface area (Å²) in [5.41, 5.74) is 2.60. The molecular formula is C23H26F3NO3. The molecule has 1 N–H and O–H groups in total. The van der Waals surface area contributed by atoms with E-state index in [4.69, 9.17) is 9.84 Å². The normalized spacial score (nSPS) is 15.8. The SMILES string of the molecule is O=C(O)Cc1cccc(-c2cccc(OCCCN3CCC(C(F)(F)F)CC3)c2)c1. The Balaban J connectivity index is 1.47. The summed E-state index contributed by atoms with van der Waals surface area (Å²) in [4.78, 5) is 13.0. The lowest BCUT2D eigenvalue weighted by Gasteiger charge is -2.32. The molecule has 2 aromatic carbocycles. The molecule has 1 fully saturated rings. The Morgan fingerprint density at radius 3 is 2.40 bits per heavy atom. The summed E-state index contributed by atoms with van der Waals surface area (Å²) in [7, 11) is 0. The number of carboxylic acids is 1. The molecular weight excluding hydrogens is 395 g/mol. The van der Waals surface area contributed by atoms with E-state index < -0.39 is 18.1 Å². The van der Waals surface area contributed by atoms with Gasteiger partial charge in [-0.3, -0.25) is 4.79 Å². The Morgan fingerprint density at radius 1 is 1.07 bits per heavy atom. The molecule has 0 unspecified atom stereocenters. The van der Waals surface area contributed by atoms with E-state index in [1.54, 1.807) is 6.07 Å². The first-order valence-corrected chi connectivity index (χ1v) is 10.1. The van der Waals surface area contributed by atoms with Crippen LogP contribution >= 0.6 is 0 Å². The molecule has 1 saturated heterocycles. The smallest absolute Gasteiger partial charge is 0.391 e. The van der Waals surface area contributed by atoms with E-state index in [0.717, 1.165) is 29.7 Å². The van der Waals surface area contributed by atoms with Crippen molar-refractivity contribution in [3.63, 3.8) is 0 Å². The van der Waals surface area contributed by atoms with Gasteiger partial charge in [0.1, 0.15) is 5.75 Å². The van der Waals surface area contributed by atoms with E-state index in [1.165, 1.54) is 0 Å². The van der Waals surface area contributed by atoms with Crippen LogP contribution in [0, 0.1) is 5.92 Å². The van der Waals surface area contributed by atoms with E-state index in [-0.39, 0.29) is 19.3 Å². The minimum absolute atomic E-state index is 0.0236.